The minimum Gasteiger partial charge on any atom is -0.343 e. The number of fused-ring (bicyclic) bond motifs is 1. The van der Waals surface area contributed by atoms with E-state index in [0.29, 0.717) is 37.9 Å². The van der Waals surface area contributed by atoms with Crippen LogP contribution in [-0.4, -0.2) is 30.4 Å². The molecule has 2 amide bonds. The molecule has 0 aliphatic carbocycles. The maximum atomic E-state index is 13.1. The van der Waals surface area contributed by atoms with Crippen LogP contribution in [0.5, 0.6) is 0 Å². The number of aromatic amines is 1. The van der Waals surface area contributed by atoms with Crippen molar-refractivity contribution in [3.8, 4) is 0 Å². The van der Waals surface area contributed by atoms with Gasteiger partial charge in [-0.15, -0.1) is 0 Å². The second kappa shape index (κ2) is 12.1. The van der Waals surface area contributed by atoms with Gasteiger partial charge in [0.1, 0.15) is 11.7 Å². The van der Waals surface area contributed by atoms with Gasteiger partial charge in [0.25, 0.3) is 0 Å². The number of hydrogen-bond acceptors (Lipinski definition) is 4. The highest BCUT2D eigenvalue weighted by molar-refractivity contribution is 6.13. The molecule has 2 unspecified atom stereocenters. The van der Waals surface area contributed by atoms with Crippen LogP contribution in [0.1, 0.15) is 24.8 Å². The van der Waals surface area contributed by atoms with Crippen molar-refractivity contribution in [2.75, 3.05) is 11.9 Å². The number of pyridine rings is 1. The van der Waals surface area contributed by atoms with E-state index >= 15 is 0 Å². The minimum atomic E-state index is -0.716. The molecule has 0 aliphatic heterocycles. The van der Waals surface area contributed by atoms with Crippen LogP contribution < -0.4 is 26.2 Å². The Kier molecular flexibility index (Phi) is 8.98. The monoisotopic (exact) mass is 454 g/mol. The van der Waals surface area contributed by atoms with Crippen molar-refractivity contribution in [3.63, 3.8) is 0 Å². The summed E-state index contributed by atoms with van der Waals surface area (Å²) in [6.07, 6.45) is 3.97. The number of benzene rings is 2. The average molecular weight is 455 g/mol. The number of carbonyl (C=O) groups is 2. The van der Waals surface area contributed by atoms with E-state index in [1.807, 2.05) is 60.7 Å². The number of nitrogens with two attached hydrogens (primary N) is 1. The van der Waals surface area contributed by atoms with Crippen LogP contribution in [0.4, 0.5) is 5.69 Å². The average Bonchev–Trinajstić information content (AvgIpc) is 2.82. The number of halogens is 1. The van der Waals surface area contributed by atoms with Gasteiger partial charge in [-0.05, 0) is 55.2 Å². The Balaban J connectivity index is 1.69. The van der Waals surface area contributed by atoms with Crippen molar-refractivity contribution in [1.82, 2.24) is 10.2 Å². The van der Waals surface area contributed by atoms with Crippen molar-refractivity contribution < 1.29 is 14.6 Å². The lowest BCUT2D eigenvalue weighted by atomic mass is 10.0. The third-order valence-corrected chi connectivity index (χ3v) is 5.43. The molecule has 168 valence electrons. The molecule has 7 nitrogen and oxygen atoms in total. The van der Waals surface area contributed by atoms with Crippen molar-refractivity contribution in [2.24, 2.45) is 5.73 Å². The van der Waals surface area contributed by atoms with Gasteiger partial charge in [0, 0.05) is 18.0 Å². The van der Waals surface area contributed by atoms with Gasteiger partial charge >= 0.3 is 0 Å². The van der Waals surface area contributed by atoms with Gasteiger partial charge in [0.15, 0.2) is 6.20 Å². The SMILES string of the molecule is NC(CCCNCl)C(=O)NC(CCc1ccccc1)C(=O)Nc1c[nH+]c2ccccc2c1. The Morgan fingerprint density at radius 1 is 1.00 bits per heavy atom. The summed E-state index contributed by atoms with van der Waals surface area (Å²) in [4.78, 5) is 31.4. The molecule has 1 heterocycles. The first-order chi connectivity index (χ1) is 15.6. The summed E-state index contributed by atoms with van der Waals surface area (Å²) in [6, 6.07) is 18.1. The Bertz CT molecular complexity index is 1030. The molecule has 0 saturated heterocycles. The molecule has 2 aromatic carbocycles. The van der Waals surface area contributed by atoms with Crippen LogP contribution in [0, 0.1) is 0 Å². The fourth-order valence-corrected chi connectivity index (χ4v) is 3.58. The lowest BCUT2D eigenvalue weighted by molar-refractivity contribution is -0.343. The van der Waals surface area contributed by atoms with E-state index < -0.39 is 12.1 Å². The Labute approximate surface area is 192 Å². The van der Waals surface area contributed by atoms with Gasteiger partial charge in [-0.1, -0.05) is 42.5 Å². The highest BCUT2D eigenvalue weighted by Crippen LogP contribution is 2.14. The molecular formula is C24H29ClN5O2+. The molecule has 8 heteroatoms. The Morgan fingerprint density at radius 3 is 2.53 bits per heavy atom. The normalized spacial score (nSPS) is 12.8. The fraction of sp³-hybridized carbons (Fsp3) is 0.292. The van der Waals surface area contributed by atoms with E-state index in [2.05, 4.69) is 20.5 Å². The first-order valence-electron chi connectivity index (χ1n) is 10.7. The van der Waals surface area contributed by atoms with Crippen molar-refractivity contribution >= 4 is 40.2 Å². The lowest BCUT2D eigenvalue weighted by Gasteiger charge is -2.20. The highest BCUT2D eigenvalue weighted by atomic mass is 35.5. The Morgan fingerprint density at radius 2 is 1.75 bits per heavy atom. The van der Waals surface area contributed by atoms with Crippen LogP contribution in [0.25, 0.3) is 10.9 Å². The van der Waals surface area contributed by atoms with Crippen LogP contribution in [-0.2, 0) is 16.0 Å². The van der Waals surface area contributed by atoms with Crippen LogP contribution in [0.15, 0.2) is 66.9 Å². The second-order valence-electron chi connectivity index (χ2n) is 7.68. The Hall–Kier alpha value is -3.00. The zero-order chi connectivity index (χ0) is 22.8. The van der Waals surface area contributed by atoms with Crippen LogP contribution in [0.2, 0.25) is 0 Å². The standard InChI is InChI=1S/C24H28ClN5O2/c25-28-14-6-10-20(26)23(31)30-22(13-12-17-7-2-1-3-8-17)24(32)29-19-15-18-9-4-5-11-21(18)27-16-19/h1-5,7-9,11,15-16,20,22,28H,6,10,12-14,26H2,(H,29,32)(H,30,31)/p+1. The topological polar surface area (TPSA) is 110 Å². The molecule has 1 aromatic heterocycles. The maximum Gasteiger partial charge on any atom is 0.247 e. The quantitative estimate of drug-likeness (QED) is 0.263. The smallest absolute Gasteiger partial charge is 0.247 e. The van der Waals surface area contributed by atoms with Gasteiger partial charge in [0.2, 0.25) is 17.3 Å². The van der Waals surface area contributed by atoms with E-state index in [-0.39, 0.29) is 11.8 Å². The molecule has 3 aromatic rings. The number of hydrogen-bond donors (Lipinski definition) is 4. The molecule has 3 rings (SSSR count). The number of rotatable bonds is 11. The number of aromatic nitrogens is 1. The zero-order valence-corrected chi connectivity index (χ0v) is 18.6. The fourth-order valence-electron chi connectivity index (χ4n) is 3.44. The minimum absolute atomic E-state index is 0.285. The second-order valence-corrected chi connectivity index (χ2v) is 7.95. The lowest BCUT2D eigenvalue weighted by Crippen LogP contribution is -2.50. The van der Waals surface area contributed by atoms with Crippen molar-refractivity contribution in [2.45, 2.75) is 37.8 Å². The zero-order valence-electron chi connectivity index (χ0n) is 17.8. The number of carbonyl (C=O) groups excluding carboxylic acids is 2. The van der Waals surface area contributed by atoms with Gasteiger partial charge < -0.3 is 16.4 Å². The van der Waals surface area contributed by atoms with Gasteiger partial charge in [-0.25, -0.2) is 9.82 Å². The first-order valence-corrected chi connectivity index (χ1v) is 11.1. The predicted molar refractivity (Wildman–Crippen MR) is 127 cm³/mol. The first kappa shape index (κ1) is 23.7. The number of amides is 2. The number of nitrogens with one attached hydrogen (secondary N) is 4. The molecule has 0 fully saturated rings. The summed E-state index contributed by atoms with van der Waals surface area (Å²) in [7, 11) is 0. The molecule has 0 radical (unpaired) electrons. The molecule has 0 saturated carbocycles. The predicted octanol–water partition coefficient (Wildman–Crippen LogP) is 2.56. The van der Waals surface area contributed by atoms with E-state index in [4.69, 9.17) is 17.5 Å². The largest absolute Gasteiger partial charge is 0.343 e. The molecule has 2 atom stereocenters. The van der Waals surface area contributed by atoms with Crippen molar-refractivity contribution in [1.29, 1.82) is 0 Å². The summed E-state index contributed by atoms with van der Waals surface area (Å²) in [5.41, 5.74) is 8.70. The van der Waals surface area contributed by atoms with Crippen LogP contribution in [0.3, 0.4) is 0 Å². The van der Waals surface area contributed by atoms with E-state index in [0.717, 1.165) is 16.5 Å². The molecular weight excluding hydrogens is 426 g/mol. The summed E-state index contributed by atoms with van der Waals surface area (Å²) >= 11 is 5.46. The van der Waals surface area contributed by atoms with E-state index in [1.165, 1.54) is 0 Å². The molecule has 6 N–H and O–H groups in total. The number of aryl methyl sites for hydroxylation is 1. The van der Waals surface area contributed by atoms with Gasteiger partial charge in [0.05, 0.1) is 6.04 Å². The molecule has 0 bridgehead atoms. The summed E-state index contributed by atoms with van der Waals surface area (Å²) < 4.78 is 0. The summed E-state index contributed by atoms with van der Waals surface area (Å²) in [6.45, 7) is 0.554. The van der Waals surface area contributed by atoms with E-state index in [1.54, 1.807) is 6.20 Å². The molecule has 0 spiro atoms. The third kappa shape index (κ3) is 7.02. The highest BCUT2D eigenvalue weighted by Gasteiger charge is 2.24. The number of para-hydroxylation sites is 1. The van der Waals surface area contributed by atoms with Gasteiger partial charge in [-0.3, -0.25) is 9.59 Å². The van der Waals surface area contributed by atoms with Gasteiger partial charge in [-0.2, -0.15) is 0 Å². The van der Waals surface area contributed by atoms with E-state index in [9.17, 15) is 9.59 Å². The number of H-pyrrole nitrogens is 1. The molecule has 32 heavy (non-hydrogen) atoms. The molecule has 0 aliphatic rings. The van der Waals surface area contributed by atoms with Crippen LogP contribution >= 0.6 is 11.8 Å². The van der Waals surface area contributed by atoms with Crippen molar-refractivity contribution in [3.05, 3.63) is 72.4 Å². The summed E-state index contributed by atoms with van der Waals surface area (Å²) in [5, 5.41) is 6.72. The third-order valence-electron chi connectivity index (χ3n) is 5.24. The number of anilines is 1. The summed E-state index contributed by atoms with van der Waals surface area (Å²) in [5.74, 6) is -0.634. The maximum absolute atomic E-state index is 13.1.